The van der Waals surface area contributed by atoms with Gasteiger partial charge in [0.25, 0.3) is 0 Å². The summed E-state index contributed by atoms with van der Waals surface area (Å²) in [5, 5.41) is 3.15. The summed E-state index contributed by atoms with van der Waals surface area (Å²) >= 11 is 0. The second-order valence-electron chi connectivity index (χ2n) is 8.21. The molecule has 5 heteroatoms. The number of urea groups is 1. The molecule has 0 saturated carbocycles. The highest BCUT2D eigenvalue weighted by Gasteiger charge is 2.33. The second-order valence-corrected chi connectivity index (χ2v) is 8.21. The lowest BCUT2D eigenvalue weighted by Crippen LogP contribution is -2.38. The first kappa shape index (κ1) is 20.9. The lowest BCUT2D eigenvalue weighted by molar-refractivity contribution is 0.194. The van der Waals surface area contributed by atoms with Crippen LogP contribution in [0, 0.1) is 6.92 Å². The van der Waals surface area contributed by atoms with Crippen molar-refractivity contribution in [2.45, 2.75) is 26.4 Å². The molecule has 166 valence electrons. The van der Waals surface area contributed by atoms with Gasteiger partial charge < -0.3 is 19.5 Å². The number of nitrogens with one attached hydrogen (secondary N) is 1. The van der Waals surface area contributed by atoms with Crippen LogP contribution in [0.1, 0.15) is 35.3 Å². The smallest absolute Gasteiger partial charge is 0.322 e. The number of hydrogen-bond donors (Lipinski definition) is 1. The Bertz CT molecular complexity index is 1280. The molecule has 1 aromatic heterocycles. The fraction of sp³-hybridized carbons (Fsp3) is 0.179. The first-order chi connectivity index (χ1) is 16.2. The third-order valence-corrected chi connectivity index (χ3v) is 6.12. The number of para-hydroxylation sites is 2. The largest absolute Gasteiger partial charge is 0.494 e. The van der Waals surface area contributed by atoms with Gasteiger partial charge >= 0.3 is 6.03 Å². The van der Waals surface area contributed by atoms with Gasteiger partial charge in [-0.25, -0.2) is 4.79 Å². The molecule has 1 aliphatic heterocycles. The van der Waals surface area contributed by atoms with Crippen LogP contribution in [0.3, 0.4) is 0 Å². The topological polar surface area (TPSA) is 46.5 Å². The monoisotopic (exact) mass is 437 g/mol. The third-order valence-electron chi connectivity index (χ3n) is 6.12. The molecular weight excluding hydrogens is 410 g/mol. The molecule has 0 bridgehead atoms. The van der Waals surface area contributed by atoms with Gasteiger partial charge in [0, 0.05) is 17.6 Å². The minimum Gasteiger partial charge on any atom is -0.494 e. The Labute approximate surface area is 194 Å². The molecule has 4 aromatic rings. The summed E-state index contributed by atoms with van der Waals surface area (Å²) in [5.41, 5.74) is 6.13. The Kier molecular flexibility index (Phi) is 5.61. The molecule has 0 radical (unpaired) electrons. The maximum absolute atomic E-state index is 13.7. The quantitative estimate of drug-likeness (QED) is 0.406. The standard InChI is InChI=1S/C28H27N3O2/c1-3-33-23-16-14-21(15-17-23)27-26-13-8-18-30(26)25-12-7-5-10-22(25)19-31(27)28(32)29-24-11-6-4-9-20(24)2/h4-18,27H,3,19H2,1-2H3,(H,29,32)/t27-/m0/s1. The van der Waals surface area contributed by atoms with E-state index in [1.165, 1.54) is 0 Å². The van der Waals surface area contributed by atoms with E-state index in [4.69, 9.17) is 4.74 Å². The summed E-state index contributed by atoms with van der Waals surface area (Å²) in [5.74, 6) is 0.824. The molecule has 0 fully saturated rings. The van der Waals surface area contributed by atoms with Gasteiger partial charge in [0.15, 0.2) is 0 Å². The van der Waals surface area contributed by atoms with Crippen molar-refractivity contribution < 1.29 is 9.53 Å². The fourth-order valence-corrected chi connectivity index (χ4v) is 4.50. The number of amides is 2. The Morgan fingerprint density at radius 2 is 1.73 bits per heavy atom. The van der Waals surface area contributed by atoms with Gasteiger partial charge in [0.2, 0.25) is 0 Å². The van der Waals surface area contributed by atoms with Gasteiger partial charge in [-0.2, -0.15) is 0 Å². The van der Waals surface area contributed by atoms with Crippen LogP contribution in [0.4, 0.5) is 10.5 Å². The molecule has 5 nitrogen and oxygen atoms in total. The molecule has 1 aliphatic rings. The van der Waals surface area contributed by atoms with Crippen molar-refractivity contribution in [3.8, 4) is 11.4 Å². The van der Waals surface area contributed by atoms with Gasteiger partial charge in [-0.1, -0.05) is 48.5 Å². The fourth-order valence-electron chi connectivity index (χ4n) is 4.50. The maximum atomic E-state index is 13.7. The highest BCUT2D eigenvalue weighted by atomic mass is 16.5. The van der Waals surface area contributed by atoms with E-state index in [0.717, 1.165) is 39.5 Å². The normalized spacial score (nSPS) is 14.7. The summed E-state index contributed by atoms with van der Waals surface area (Å²) < 4.78 is 7.84. The number of carbonyl (C=O) groups excluding carboxylic acids is 1. The molecule has 1 atom stereocenters. The number of hydrogen-bond acceptors (Lipinski definition) is 2. The third kappa shape index (κ3) is 3.98. The van der Waals surface area contributed by atoms with Crippen LogP contribution >= 0.6 is 0 Å². The number of nitrogens with zero attached hydrogens (tertiary/aromatic N) is 2. The number of ether oxygens (including phenoxy) is 1. The van der Waals surface area contributed by atoms with Crippen LogP contribution in [0.5, 0.6) is 5.75 Å². The first-order valence-corrected chi connectivity index (χ1v) is 11.3. The Morgan fingerprint density at radius 3 is 2.52 bits per heavy atom. The summed E-state index contributed by atoms with van der Waals surface area (Å²) in [4.78, 5) is 15.7. The molecule has 0 aliphatic carbocycles. The maximum Gasteiger partial charge on any atom is 0.322 e. The number of rotatable bonds is 4. The van der Waals surface area contributed by atoms with Gasteiger partial charge in [0.05, 0.1) is 24.9 Å². The Balaban J connectivity index is 1.61. The van der Waals surface area contributed by atoms with Gasteiger partial charge in [-0.05, 0) is 66.9 Å². The zero-order valence-electron chi connectivity index (χ0n) is 18.9. The van der Waals surface area contributed by atoms with Gasteiger partial charge in [0.1, 0.15) is 5.75 Å². The number of anilines is 1. The summed E-state index contributed by atoms with van der Waals surface area (Å²) in [7, 11) is 0. The molecule has 2 amide bonds. The average molecular weight is 438 g/mol. The van der Waals surface area contributed by atoms with Crippen molar-refractivity contribution in [1.82, 2.24) is 9.47 Å². The van der Waals surface area contributed by atoms with Crippen LogP contribution in [0.15, 0.2) is 91.1 Å². The van der Waals surface area contributed by atoms with Crippen molar-refractivity contribution >= 4 is 11.7 Å². The zero-order chi connectivity index (χ0) is 22.8. The predicted octanol–water partition coefficient (Wildman–Crippen LogP) is 6.32. The van der Waals surface area contributed by atoms with Crippen molar-refractivity contribution in [2.24, 2.45) is 0 Å². The van der Waals surface area contributed by atoms with Crippen molar-refractivity contribution in [3.05, 3.63) is 114 Å². The SMILES string of the molecule is CCOc1ccc([C@H]2c3cccn3-c3ccccc3CN2C(=O)Nc2ccccc2C)cc1. The summed E-state index contributed by atoms with van der Waals surface area (Å²) in [6, 6.07) is 27.9. The minimum absolute atomic E-state index is 0.132. The lowest BCUT2D eigenvalue weighted by Gasteiger charge is -2.31. The Morgan fingerprint density at radius 1 is 0.970 bits per heavy atom. The van der Waals surface area contributed by atoms with E-state index in [0.29, 0.717) is 13.2 Å². The van der Waals surface area contributed by atoms with Crippen molar-refractivity contribution in [3.63, 3.8) is 0 Å². The second kappa shape index (κ2) is 8.87. The molecule has 0 spiro atoms. The zero-order valence-corrected chi connectivity index (χ0v) is 18.9. The minimum atomic E-state index is -0.257. The van der Waals surface area contributed by atoms with E-state index in [9.17, 15) is 4.79 Å². The highest BCUT2D eigenvalue weighted by molar-refractivity contribution is 5.91. The number of fused-ring (bicyclic) bond motifs is 3. The van der Waals surface area contributed by atoms with E-state index >= 15 is 0 Å². The van der Waals surface area contributed by atoms with E-state index in [-0.39, 0.29) is 12.1 Å². The highest BCUT2D eigenvalue weighted by Crippen LogP contribution is 2.37. The van der Waals surface area contributed by atoms with Crippen molar-refractivity contribution in [2.75, 3.05) is 11.9 Å². The number of benzene rings is 3. The number of carbonyl (C=O) groups is 1. The molecule has 33 heavy (non-hydrogen) atoms. The van der Waals surface area contributed by atoms with Crippen LogP contribution in [0.2, 0.25) is 0 Å². The van der Waals surface area contributed by atoms with Gasteiger partial charge in [-0.15, -0.1) is 0 Å². The molecule has 3 aromatic carbocycles. The molecule has 5 rings (SSSR count). The Hall–Kier alpha value is -3.99. The van der Waals surface area contributed by atoms with Crippen LogP contribution in [0.25, 0.3) is 5.69 Å². The van der Waals surface area contributed by atoms with Crippen LogP contribution in [-0.4, -0.2) is 22.1 Å². The molecular formula is C28H27N3O2. The molecule has 2 heterocycles. The average Bonchev–Trinajstić information content (AvgIpc) is 3.26. The van der Waals surface area contributed by atoms with Crippen LogP contribution < -0.4 is 10.1 Å². The van der Waals surface area contributed by atoms with E-state index in [1.54, 1.807) is 0 Å². The van der Waals surface area contributed by atoms with Gasteiger partial charge in [-0.3, -0.25) is 0 Å². The van der Waals surface area contributed by atoms with E-state index in [2.05, 4.69) is 46.4 Å². The summed E-state index contributed by atoms with van der Waals surface area (Å²) in [6.45, 7) is 5.09. The predicted molar refractivity (Wildman–Crippen MR) is 131 cm³/mol. The molecule has 0 unspecified atom stereocenters. The van der Waals surface area contributed by atoms with Crippen LogP contribution in [-0.2, 0) is 6.54 Å². The molecule has 0 saturated heterocycles. The summed E-state index contributed by atoms with van der Waals surface area (Å²) in [6.07, 6.45) is 2.07. The molecule has 1 N–H and O–H groups in total. The lowest BCUT2D eigenvalue weighted by atomic mass is 10.0. The van der Waals surface area contributed by atoms with Crippen molar-refractivity contribution in [1.29, 1.82) is 0 Å². The van der Waals surface area contributed by atoms with E-state index < -0.39 is 0 Å². The number of aryl methyl sites for hydroxylation is 1. The van der Waals surface area contributed by atoms with E-state index in [1.807, 2.05) is 73.3 Å². The number of aromatic nitrogens is 1. The first-order valence-electron chi connectivity index (χ1n) is 11.3.